The average Bonchev–Trinajstić information content (AvgIpc) is 3.15. The molecule has 1 fully saturated rings. The monoisotopic (exact) mass is 360 g/mol. The molecule has 0 aliphatic carbocycles. The summed E-state index contributed by atoms with van der Waals surface area (Å²) in [6, 6.07) is 10.9. The second-order valence-electron chi connectivity index (χ2n) is 6.84. The molecule has 1 aromatic rings. The van der Waals surface area contributed by atoms with E-state index in [-0.39, 0.29) is 12.1 Å². The van der Waals surface area contributed by atoms with Crippen LogP contribution in [0.5, 0.6) is 0 Å². The summed E-state index contributed by atoms with van der Waals surface area (Å²) in [6.07, 6.45) is 2.77. The molecule has 1 heterocycles. The third-order valence-corrected chi connectivity index (χ3v) is 4.44. The smallest absolute Gasteiger partial charge is 0.307 e. The molecule has 0 saturated carbocycles. The third kappa shape index (κ3) is 6.67. The Morgan fingerprint density at radius 1 is 1.19 bits per heavy atom. The number of likely N-dealkylation sites (tertiary alicyclic amines) is 1. The number of rotatable bonds is 8. The minimum Gasteiger partial charge on any atom is -0.463 e. The van der Waals surface area contributed by atoms with E-state index in [0.29, 0.717) is 25.0 Å². The predicted molar refractivity (Wildman–Crippen MR) is 105 cm³/mol. The number of aliphatic imine (C=N–C) groups is 1. The van der Waals surface area contributed by atoms with Crippen molar-refractivity contribution >= 4 is 11.9 Å². The van der Waals surface area contributed by atoms with Crippen LogP contribution in [0, 0.1) is 0 Å². The predicted octanol–water partition coefficient (Wildman–Crippen LogP) is 2.33. The highest BCUT2D eigenvalue weighted by molar-refractivity contribution is 5.80. The lowest BCUT2D eigenvalue weighted by Crippen LogP contribution is -2.43. The van der Waals surface area contributed by atoms with Gasteiger partial charge in [-0.3, -0.25) is 14.7 Å². The second-order valence-corrected chi connectivity index (χ2v) is 6.84. The topological polar surface area (TPSA) is 66.0 Å². The standard InChI is InChI=1S/C20H32N4O2/c1-16(2)26-19(25)11-12-22-20(21-3)23-15-18(24-13-7-8-14-24)17-9-5-4-6-10-17/h4-6,9-10,16,18H,7-8,11-15H2,1-3H3,(H2,21,22,23). The van der Waals surface area contributed by atoms with Crippen LogP contribution in [-0.2, 0) is 9.53 Å². The number of nitrogens with one attached hydrogen (secondary N) is 2. The molecule has 1 unspecified atom stereocenters. The third-order valence-electron chi connectivity index (χ3n) is 4.44. The van der Waals surface area contributed by atoms with Gasteiger partial charge in [0, 0.05) is 20.1 Å². The van der Waals surface area contributed by atoms with Crippen LogP contribution in [0.4, 0.5) is 0 Å². The van der Waals surface area contributed by atoms with Gasteiger partial charge < -0.3 is 15.4 Å². The molecule has 0 amide bonds. The van der Waals surface area contributed by atoms with Gasteiger partial charge in [0.05, 0.1) is 18.6 Å². The summed E-state index contributed by atoms with van der Waals surface area (Å²) in [5.41, 5.74) is 1.32. The number of hydrogen-bond donors (Lipinski definition) is 2. The molecule has 26 heavy (non-hydrogen) atoms. The minimum absolute atomic E-state index is 0.0768. The van der Waals surface area contributed by atoms with Gasteiger partial charge in [0.15, 0.2) is 5.96 Å². The number of carbonyl (C=O) groups excluding carboxylic acids is 1. The summed E-state index contributed by atoms with van der Waals surface area (Å²) < 4.78 is 5.14. The first-order valence-corrected chi connectivity index (χ1v) is 9.53. The van der Waals surface area contributed by atoms with Crippen LogP contribution in [0.15, 0.2) is 35.3 Å². The summed E-state index contributed by atoms with van der Waals surface area (Å²) >= 11 is 0. The highest BCUT2D eigenvalue weighted by atomic mass is 16.5. The van der Waals surface area contributed by atoms with E-state index in [1.807, 2.05) is 13.8 Å². The van der Waals surface area contributed by atoms with Gasteiger partial charge in [0.25, 0.3) is 0 Å². The maximum Gasteiger partial charge on any atom is 0.307 e. The van der Waals surface area contributed by atoms with E-state index in [4.69, 9.17) is 4.74 Å². The van der Waals surface area contributed by atoms with Crippen molar-refractivity contribution in [3.8, 4) is 0 Å². The Morgan fingerprint density at radius 3 is 2.50 bits per heavy atom. The lowest BCUT2D eigenvalue weighted by Gasteiger charge is -2.29. The van der Waals surface area contributed by atoms with Gasteiger partial charge in [-0.1, -0.05) is 30.3 Å². The van der Waals surface area contributed by atoms with Crippen molar-refractivity contribution in [1.82, 2.24) is 15.5 Å². The summed E-state index contributed by atoms with van der Waals surface area (Å²) in [7, 11) is 1.75. The molecule has 0 spiro atoms. The van der Waals surface area contributed by atoms with Crippen LogP contribution >= 0.6 is 0 Å². The largest absolute Gasteiger partial charge is 0.463 e. The maximum absolute atomic E-state index is 11.6. The van der Waals surface area contributed by atoms with Crippen molar-refractivity contribution in [3.05, 3.63) is 35.9 Å². The molecule has 2 rings (SSSR count). The van der Waals surface area contributed by atoms with E-state index in [1.54, 1.807) is 7.05 Å². The lowest BCUT2D eigenvalue weighted by atomic mass is 10.1. The van der Waals surface area contributed by atoms with E-state index >= 15 is 0 Å². The Hall–Kier alpha value is -2.08. The average molecular weight is 361 g/mol. The van der Waals surface area contributed by atoms with Crippen LogP contribution < -0.4 is 10.6 Å². The highest BCUT2D eigenvalue weighted by Crippen LogP contribution is 2.24. The zero-order valence-corrected chi connectivity index (χ0v) is 16.2. The fourth-order valence-electron chi connectivity index (χ4n) is 3.20. The molecule has 144 valence electrons. The second kappa shape index (κ2) is 10.8. The molecule has 2 N–H and O–H groups in total. The molecular weight excluding hydrogens is 328 g/mol. The Balaban J connectivity index is 1.85. The Bertz CT molecular complexity index is 568. The number of carbonyl (C=O) groups is 1. The maximum atomic E-state index is 11.6. The fraction of sp³-hybridized carbons (Fsp3) is 0.600. The molecule has 6 nitrogen and oxygen atoms in total. The molecule has 1 atom stereocenters. The van der Waals surface area contributed by atoms with Crippen LogP contribution in [0.25, 0.3) is 0 Å². The molecule has 1 aliphatic rings. The van der Waals surface area contributed by atoms with Crippen LogP contribution in [-0.4, -0.2) is 56.2 Å². The fourth-order valence-corrected chi connectivity index (χ4v) is 3.20. The molecule has 0 bridgehead atoms. The number of benzene rings is 1. The van der Waals surface area contributed by atoms with Gasteiger partial charge in [-0.25, -0.2) is 0 Å². The highest BCUT2D eigenvalue weighted by Gasteiger charge is 2.23. The van der Waals surface area contributed by atoms with Gasteiger partial charge >= 0.3 is 5.97 Å². The van der Waals surface area contributed by atoms with Crippen molar-refractivity contribution < 1.29 is 9.53 Å². The zero-order chi connectivity index (χ0) is 18.8. The van der Waals surface area contributed by atoms with Gasteiger partial charge in [-0.15, -0.1) is 0 Å². The summed E-state index contributed by atoms with van der Waals surface area (Å²) in [5.74, 6) is 0.518. The normalized spacial score (nSPS) is 16.5. The number of hydrogen-bond acceptors (Lipinski definition) is 4. The number of guanidine groups is 1. The molecular formula is C20H32N4O2. The van der Waals surface area contributed by atoms with Crippen LogP contribution in [0.3, 0.4) is 0 Å². The Kier molecular flexibility index (Phi) is 8.41. The van der Waals surface area contributed by atoms with E-state index in [9.17, 15) is 4.79 Å². The van der Waals surface area contributed by atoms with Crippen molar-refractivity contribution in [2.24, 2.45) is 4.99 Å². The van der Waals surface area contributed by atoms with E-state index in [1.165, 1.54) is 18.4 Å². The molecule has 6 heteroatoms. The first-order valence-electron chi connectivity index (χ1n) is 9.53. The zero-order valence-electron chi connectivity index (χ0n) is 16.2. The van der Waals surface area contributed by atoms with Crippen molar-refractivity contribution in [3.63, 3.8) is 0 Å². The summed E-state index contributed by atoms with van der Waals surface area (Å²) in [5, 5.41) is 6.60. The van der Waals surface area contributed by atoms with E-state index < -0.39 is 0 Å². The first kappa shape index (κ1) is 20.2. The summed E-state index contributed by atoms with van der Waals surface area (Å²) in [6.45, 7) is 7.26. The van der Waals surface area contributed by atoms with Gasteiger partial charge in [0.1, 0.15) is 0 Å². The van der Waals surface area contributed by atoms with Gasteiger partial charge in [-0.05, 0) is 45.3 Å². The molecule has 0 radical (unpaired) electrons. The first-order chi connectivity index (χ1) is 12.6. The lowest BCUT2D eigenvalue weighted by molar-refractivity contribution is -0.147. The summed E-state index contributed by atoms with van der Waals surface area (Å²) in [4.78, 5) is 18.4. The van der Waals surface area contributed by atoms with Gasteiger partial charge in [0.2, 0.25) is 0 Å². The molecule has 1 aromatic carbocycles. The Labute approximate surface area is 157 Å². The number of esters is 1. The van der Waals surface area contributed by atoms with Crippen LogP contribution in [0.2, 0.25) is 0 Å². The molecule has 1 aliphatic heterocycles. The Morgan fingerprint density at radius 2 is 1.88 bits per heavy atom. The van der Waals surface area contributed by atoms with Crippen molar-refractivity contribution in [1.29, 1.82) is 0 Å². The SMILES string of the molecule is CN=C(NCCC(=O)OC(C)C)NCC(c1ccccc1)N1CCCC1. The van der Waals surface area contributed by atoms with Crippen molar-refractivity contribution in [2.75, 3.05) is 33.2 Å². The van der Waals surface area contributed by atoms with Gasteiger partial charge in [-0.2, -0.15) is 0 Å². The number of nitrogens with zero attached hydrogens (tertiary/aromatic N) is 2. The van der Waals surface area contributed by atoms with E-state index in [2.05, 4.69) is 50.9 Å². The minimum atomic E-state index is -0.192. The molecule has 0 aromatic heterocycles. The number of ether oxygens (including phenoxy) is 1. The quantitative estimate of drug-likeness (QED) is 0.423. The van der Waals surface area contributed by atoms with Crippen LogP contribution in [0.1, 0.15) is 44.7 Å². The van der Waals surface area contributed by atoms with Crippen molar-refractivity contribution in [2.45, 2.75) is 45.3 Å². The molecule has 1 saturated heterocycles. The van der Waals surface area contributed by atoms with E-state index in [0.717, 1.165) is 19.6 Å².